The van der Waals surface area contributed by atoms with Crippen LogP contribution in [0.3, 0.4) is 0 Å². The molecule has 1 atom stereocenters. The Labute approximate surface area is 188 Å². The third kappa shape index (κ3) is 4.21. The van der Waals surface area contributed by atoms with Crippen molar-refractivity contribution in [2.75, 3.05) is 19.6 Å². The number of carboxylic acid groups (broad SMARTS) is 1. The van der Waals surface area contributed by atoms with E-state index in [1.807, 2.05) is 39.8 Å². The number of hydrogen-bond donors (Lipinski definition) is 2. The smallest absolute Gasteiger partial charge is 0.465 e. The minimum atomic E-state index is -1.06. The summed E-state index contributed by atoms with van der Waals surface area (Å²) in [6, 6.07) is 5.42. The largest absolute Gasteiger partial charge is 0.494 e. The molecule has 2 N–H and O–H groups in total. The van der Waals surface area contributed by atoms with E-state index >= 15 is 0 Å². The van der Waals surface area contributed by atoms with E-state index in [-0.39, 0.29) is 37.5 Å². The van der Waals surface area contributed by atoms with E-state index in [2.05, 4.69) is 5.32 Å². The van der Waals surface area contributed by atoms with Crippen molar-refractivity contribution in [1.29, 1.82) is 0 Å². The Hall–Kier alpha value is -2.59. The number of nitrogens with zero attached hydrogens (tertiary/aromatic N) is 2. The zero-order valence-corrected chi connectivity index (χ0v) is 19.0. The van der Waals surface area contributed by atoms with Gasteiger partial charge in [0.2, 0.25) is 5.91 Å². The number of nitrogens with one attached hydrogen (secondary N) is 1. The molecule has 32 heavy (non-hydrogen) atoms. The minimum absolute atomic E-state index is 0.0525. The Bertz CT molecular complexity index is 934. The van der Waals surface area contributed by atoms with Gasteiger partial charge in [-0.05, 0) is 51.2 Å². The Morgan fingerprint density at radius 1 is 1.25 bits per heavy atom. The number of carbonyl (C=O) groups excluding carboxylic acids is 2. The summed E-state index contributed by atoms with van der Waals surface area (Å²) in [7, 11) is -0.501. The molecule has 172 valence electrons. The highest BCUT2D eigenvalue weighted by Gasteiger charge is 2.52. The average molecular weight is 443 g/mol. The summed E-state index contributed by atoms with van der Waals surface area (Å²) in [5, 5.41) is 12.3. The summed E-state index contributed by atoms with van der Waals surface area (Å²) >= 11 is 0. The first-order valence-corrected chi connectivity index (χ1v) is 11.0. The molecule has 3 amide bonds. The van der Waals surface area contributed by atoms with Crippen molar-refractivity contribution < 1.29 is 28.8 Å². The third-order valence-electron chi connectivity index (χ3n) is 6.97. The summed E-state index contributed by atoms with van der Waals surface area (Å²) in [6.07, 6.45) is -0.0139. The standard InChI is InChI=1S/C22H30BN3O6/c1-21(2)22(3,4)32-23(31-21)15-5-7-17-14(11-15)12-25(19(17)28)9-10-26(20(29)30)13-16-6-8-18(27)24-16/h5,7,11,16H,6,8-10,12-13H2,1-4H3,(H,24,27)(H,29,30)/t16-/m0/s1. The number of amides is 3. The lowest BCUT2D eigenvalue weighted by atomic mass is 9.78. The molecule has 3 aliphatic rings. The van der Waals surface area contributed by atoms with Crippen LogP contribution in [0.2, 0.25) is 0 Å². The van der Waals surface area contributed by atoms with Crippen molar-refractivity contribution in [3.05, 3.63) is 29.3 Å². The first-order valence-electron chi connectivity index (χ1n) is 11.0. The van der Waals surface area contributed by atoms with Crippen LogP contribution in [0.5, 0.6) is 0 Å². The molecule has 0 saturated carbocycles. The van der Waals surface area contributed by atoms with Gasteiger partial charge in [-0.2, -0.15) is 0 Å². The topological polar surface area (TPSA) is 108 Å². The fraction of sp³-hybridized carbons (Fsp3) is 0.591. The maximum Gasteiger partial charge on any atom is 0.494 e. The molecular formula is C22H30BN3O6. The molecule has 0 spiro atoms. The Kier molecular flexibility index (Phi) is 5.71. The van der Waals surface area contributed by atoms with Gasteiger partial charge in [-0.3, -0.25) is 9.59 Å². The van der Waals surface area contributed by atoms with Gasteiger partial charge in [0, 0.05) is 44.2 Å². The fourth-order valence-corrected chi connectivity index (χ4v) is 4.29. The van der Waals surface area contributed by atoms with Crippen LogP contribution in [-0.2, 0) is 20.6 Å². The highest BCUT2D eigenvalue weighted by molar-refractivity contribution is 6.62. The number of carbonyl (C=O) groups is 3. The Balaban J connectivity index is 1.40. The zero-order valence-electron chi connectivity index (χ0n) is 19.0. The maximum atomic E-state index is 12.8. The number of fused-ring (bicyclic) bond motifs is 1. The van der Waals surface area contributed by atoms with E-state index in [0.717, 1.165) is 11.0 Å². The molecule has 0 unspecified atom stereocenters. The lowest BCUT2D eigenvalue weighted by Crippen LogP contribution is -2.44. The number of hydrogen-bond acceptors (Lipinski definition) is 5. The van der Waals surface area contributed by atoms with Crippen molar-refractivity contribution in [2.45, 2.75) is 64.3 Å². The zero-order chi connectivity index (χ0) is 23.3. The first-order chi connectivity index (χ1) is 15.0. The molecule has 4 rings (SSSR count). The second kappa shape index (κ2) is 8.08. The van der Waals surface area contributed by atoms with Gasteiger partial charge in [-0.25, -0.2) is 4.79 Å². The van der Waals surface area contributed by atoms with Gasteiger partial charge in [0.25, 0.3) is 5.91 Å². The maximum absolute atomic E-state index is 12.8. The van der Waals surface area contributed by atoms with Crippen molar-refractivity contribution in [3.63, 3.8) is 0 Å². The van der Waals surface area contributed by atoms with Crippen LogP contribution in [0, 0.1) is 0 Å². The summed E-state index contributed by atoms with van der Waals surface area (Å²) in [6.45, 7) is 9.09. The van der Waals surface area contributed by atoms with E-state index in [0.29, 0.717) is 24.9 Å². The minimum Gasteiger partial charge on any atom is -0.465 e. The molecule has 3 heterocycles. The summed E-state index contributed by atoms with van der Waals surface area (Å²) < 4.78 is 12.2. The lowest BCUT2D eigenvalue weighted by molar-refractivity contribution is -0.119. The van der Waals surface area contributed by atoms with Gasteiger partial charge < -0.3 is 29.5 Å². The molecule has 3 aliphatic heterocycles. The highest BCUT2D eigenvalue weighted by atomic mass is 16.7. The van der Waals surface area contributed by atoms with E-state index < -0.39 is 24.4 Å². The van der Waals surface area contributed by atoms with Gasteiger partial charge in [0.05, 0.1) is 11.2 Å². The number of benzene rings is 1. The van der Waals surface area contributed by atoms with Gasteiger partial charge >= 0.3 is 13.2 Å². The molecule has 0 aliphatic carbocycles. The molecule has 0 radical (unpaired) electrons. The van der Waals surface area contributed by atoms with Gasteiger partial charge in [-0.1, -0.05) is 12.1 Å². The van der Waals surface area contributed by atoms with Crippen molar-refractivity contribution >= 4 is 30.5 Å². The van der Waals surface area contributed by atoms with Crippen molar-refractivity contribution in [3.8, 4) is 0 Å². The van der Waals surface area contributed by atoms with Crippen LogP contribution >= 0.6 is 0 Å². The third-order valence-corrected chi connectivity index (χ3v) is 6.97. The second-order valence-electron chi connectivity index (χ2n) is 9.76. The average Bonchev–Trinajstić information content (AvgIpc) is 3.32. The second-order valence-corrected chi connectivity index (χ2v) is 9.76. The van der Waals surface area contributed by atoms with E-state index in [1.165, 1.54) is 4.90 Å². The summed E-state index contributed by atoms with van der Waals surface area (Å²) in [5.41, 5.74) is 1.47. The predicted octanol–water partition coefficient (Wildman–Crippen LogP) is 1.20. The van der Waals surface area contributed by atoms with Crippen molar-refractivity contribution in [1.82, 2.24) is 15.1 Å². The molecule has 2 fully saturated rings. The van der Waals surface area contributed by atoms with Crippen LogP contribution in [0.1, 0.15) is 56.5 Å². The van der Waals surface area contributed by atoms with E-state index in [9.17, 15) is 19.5 Å². The van der Waals surface area contributed by atoms with Crippen molar-refractivity contribution in [2.24, 2.45) is 0 Å². The first kappa shape index (κ1) is 22.6. The van der Waals surface area contributed by atoms with Gasteiger partial charge in [-0.15, -0.1) is 0 Å². The molecular weight excluding hydrogens is 413 g/mol. The summed E-state index contributed by atoms with van der Waals surface area (Å²) in [5.74, 6) is -0.164. The number of rotatable bonds is 6. The quantitative estimate of drug-likeness (QED) is 0.640. The molecule has 0 aromatic heterocycles. The predicted molar refractivity (Wildman–Crippen MR) is 118 cm³/mol. The molecule has 1 aromatic carbocycles. The molecule has 10 heteroatoms. The van der Waals surface area contributed by atoms with Crippen LogP contribution in [0.4, 0.5) is 4.79 Å². The fourth-order valence-electron chi connectivity index (χ4n) is 4.29. The van der Waals surface area contributed by atoms with Crippen LogP contribution in [0.15, 0.2) is 18.2 Å². The summed E-state index contributed by atoms with van der Waals surface area (Å²) in [4.78, 5) is 38.8. The Morgan fingerprint density at radius 3 is 2.53 bits per heavy atom. The van der Waals surface area contributed by atoms with E-state index in [1.54, 1.807) is 11.0 Å². The monoisotopic (exact) mass is 443 g/mol. The van der Waals surface area contributed by atoms with Crippen LogP contribution < -0.4 is 10.8 Å². The van der Waals surface area contributed by atoms with E-state index in [4.69, 9.17) is 9.31 Å². The normalized spacial score (nSPS) is 23.4. The molecule has 9 nitrogen and oxygen atoms in total. The SMILES string of the molecule is CC1(C)OB(c2ccc3c(c2)CN(CCN(C[C@@H]2CCC(=O)N2)C(=O)O)C3=O)OC1(C)C. The molecule has 1 aromatic rings. The van der Waals surface area contributed by atoms with Gasteiger partial charge in [0.15, 0.2) is 0 Å². The van der Waals surface area contributed by atoms with Crippen LogP contribution in [0.25, 0.3) is 0 Å². The molecule has 2 saturated heterocycles. The van der Waals surface area contributed by atoms with Crippen LogP contribution in [-0.4, -0.2) is 76.8 Å². The highest BCUT2D eigenvalue weighted by Crippen LogP contribution is 2.36. The van der Waals surface area contributed by atoms with Gasteiger partial charge in [0.1, 0.15) is 0 Å². The lowest BCUT2D eigenvalue weighted by Gasteiger charge is -2.32. The Morgan fingerprint density at radius 2 is 1.94 bits per heavy atom. The molecule has 0 bridgehead atoms.